The average Bonchev–Trinajstić information content (AvgIpc) is 2.72. The summed E-state index contributed by atoms with van der Waals surface area (Å²) in [5, 5.41) is 8.29. The lowest BCUT2D eigenvalue weighted by Gasteiger charge is -1.92. The topological polar surface area (TPSA) is 107 Å². The maximum atomic E-state index is 9.69. The molecule has 152 valence electrons. The van der Waals surface area contributed by atoms with Gasteiger partial charge in [-0.05, 0) is 36.4 Å². The smallest absolute Gasteiger partial charge is 0.324 e. The summed E-state index contributed by atoms with van der Waals surface area (Å²) in [6, 6.07) is 22.6. The van der Waals surface area contributed by atoms with E-state index in [2.05, 4.69) is 9.97 Å². The van der Waals surface area contributed by atoms with Gasteiger partial charge in [0, 0.05) is 30.9 Å². The largest absolute Gasteiger partial charge is 0.325 e. The van der Waals surface area contributed by atoms with Crippen molar-refractivity contribution in [2.75, 3.05) is 6.16 Å². The Hall–Kier alpha value is -2.26. The average molecular weight is 444 g/mol. The van der Waals surface area contributed by atoms with Gasteiger partial charge in [-0.3, -0.25) is 14.5 Å². The number of nitrogens with zero attached hydrogens (tertiary/aromatic N) is 3. The predicted octanol–water partition coefficient (Wildman–Crippen LogP) is 4.75. The van der Waals surface area contributed by atoms with Crippen LogP contribution >= 0.6 is 32.4 Å². The van der Waals surface area contributed by atoms with Crippen molar-refractivity contribution in [1.82, 2.24) is 9.97 Å². The van der Waals surface area contributed by atoms with Gasteiger partial charge >= 0.3 is 7.60 Å². The third kappa shape index (κ3) is 23.7. The van der Waals surface area contributed by atoms with E-state index in [9.17, 15) is 4.57 Å². The van der Waals surface area contributed by atoms with Gasteiger partial charge < -0.3 is 9.79 Å². The number of nitriles is 1. The molecule has 1 aromatic carbocycles. The van der Waals surface area contributed by atoms with Crippen LogP contribution in [0.15, 0.2) is 91.5 Å². The van der Waals surface area contributed by atoms with Gasteiger partial charge in [0.15, 0.2) is 0 Å². The summed E-state index contributed by atoms with van der Waals surface area (Å²) in [6.45, 7) is 1.45. The number of halogens is 2. The first kappa shape index (κ1) is 30.5. The van der Waals surface area contributed by atoms with E-state index >= 15 is 0 Å². The summed E-state index contributed by atoms with van der Waals surface area (Å²) in [4.78, 5) is 23.4. The summed E-state index contributed by atoms with van der Waals surface area (Å²) < 4.78 is 9.69. The molecule has 0 radical (unpaired) electrons. The SMILES string of the molecule is CCP(=O)(O)O.Cl.Cl.N#Cc1ccccc1.c1ccncc1.c1ccncc1. The normalized spacial score (nSPS) is 8.21. The quantitative estimate of drug-likeness (QED) is 0.525. The molecule has 3 rings (SSSR count). The fourth-order valence-electron chi connectivity index (χ4n) is 1.14. The van der Waals surface area contributed by atoms with E-state index in [4.69, 9.17) is 15.0 Å². The second-order valence-corrected chi connectivity index (χ2v) is 6.47. The van der Waals surface area contributed by atoms with Crippen LogP contribution in [0.2, 0.25) is 0 Å². The molecule has 0 bridgehead atoms. The zero-order chi connectivity index (χ0) is 19.5. The van der Waals surface area contributed by atoms with Crippen LogP contribution in [-0.4, -0.2) is 25.9 Å². The molecule has 0 aliphatic carbocycles. The Bertz CT molecular complexity index is 671. The molecule has 0 spiro atoms. The third-order valence-corrected chi connectivity index (χ3v) is 3.27. The van der Waals surface area contributed by atoms with E-state index in [0.717, 1.165) is 0 Å². The van der Waals surface area contributed by atoms with Crippen molar-refractivity contribution >= 4 is 32.4 Å². The molecule has 0 saturated heterocycles. The number of pyridine rings is 2. The van der Waals surface area contributed by atoms with Crippen molar-refractivity contribution in [3.8, 4) is 6.07 Å². The van der Waals surface area contributed by atoms with Crippen molar-refractivity contribution < 1.29 is 14.4 Å². The monoisotopic (exact) mass is 443 g/mol. The van der Waals surface area contributed by atoms with Gasteiger partial charge in [-0.1, -0.05) is 37.3 Å². The molecular formula is C19H24Cl2N3O3P. The maximum absolute atomic E-state index is 9.69. The summed E-state index contributed by atoms with van der Waals surface area (Å²) >= 11 is 0. The summed E-state index contributed by atoms with van der Waals surface area (Å²) in [6.07, 6.45) is 6.94. The molecule has 0 saturated carbocycles. The Labute approximate surface area is 178 Å². The van der Waals surface area contributed by atoms with Gasteiger partial charge in [-0.25, -0.2) is 0 Å². The highest BCUT2D eigenvalue weighted by atomic mass is 35.5. The second kappa shape index (κ2) is 21.0. The van der Waals surface area contributed by atoms with Crippen LogP contribution in [0, 0.1) is 11.3 Å². The molecule has 28 heavy (non-hydrogen) atoms. The number of hydrogen-bond acceptors (Lipinski definition) is 4. The molecule has 0 unspecified atom stereocenters. The third-order valence-electron chi connectivity index (χ3n) is 2.45. The Morgan fingerprint density at radius 3 is 1.29 bits per heavy atom. The summed E-state index contributed by atoms with van der Waals surface area (Å²) in [5.41, 5.74) is 0.715. The highest BCUT2D eigenvalue weighted by Crippen LogP contribution is 2.32. The minimum atomic E-state index is -3.65. The van der Waals surface area contributed by atoms with E-state index in [1.807, 2.05) is 60.7 Å². The Morgan fingerprint density at radius 2 is 1.14 bits per heavy atom. The molecule has 0 amide bonds. The number of hydrogen-bond donors (Lipinski definition) is 2. The zero-order valence-electron chi connectivity index (χ0n) is 15.3. The van der Waals surface area contributed by atoms with Crippen molar-refractivity contribution in [3.63, 3.8) is 0 Å². The van der Waals surface area contributed by atoms with Crippen molar-refractivity contribution in [1.29, 1.82) is 5.26 Å². The van der Waals surface area contributed by atoms with Crippen molar-refractivity contribution in [2.24, 2.45) is 0 Å². The lowest BCUT2D eigenvalue weighted by Crippen LogP contribution is -1.76. The highest BCUT2D eigenvalue weighted by molar-refractivity contribution is 7.51. The first-order chi connectivity index (χ1) is 12.5. The predicted molar refractivity (Wildman–Crippen MR) is 117 cm³/mol. The molecule has 6 nitrogen and oxygen atoms in total. The molecule has 9 heteroatoms. The number of aromatic nitrogens is 2. The van der Waals surface area contributed by atoms with Crippen LogP contribution in [0.25, 0.3) is 0 Å². The van der Waals surface area contributed by atoms with Gasteiger partial charge in [0.05, 0.1) is 11.6 Å². The van der Waals surface area contributed by atoms with Gasteiger partial charge in [0.25, 0.3) is 0 Å². The van der Waals surface area contributed by atoms with E-state index in [0.29, 0.717) is 5.56 Å². The highest BCUT2D eigenvalue weighted by Gasteiger charge is 2.05. The second-order valence-electron chi connectivity index (χ2n) is 4.51. The van der Waals surface area contributed by atoms with Gasteiger partial charge in [0.2, 0.25) is 0 Å². The minimum absolute atomic E-state index is 0. The van der Waals surface area contributed by atoms with E-state index in [1.54, 1.807) is 36.9 Å². The molecule has 0 fully saturated rings. The van der Waals surface area contributed by atoms with Crippen LogP contribution in [0.3, 0.4) is 0 Å². The molecule has 3 aromatic rings. The van der Waals surface area contributed by atoms with E-state index in [1.165, 1.54) is 6.92 Å². The fourth-order valence-corrected chi connectivity index (χ4v) is 1.14. The number of rotatable bonds is 1. The lowest BCUT2D eigenvalue weighted by molar-refractivity contribution is 0.375. The zero-order valence-corrected chi connectivity index (χ0v) is 17.8. The first-order valence-corrected chi connectivity index (χ1v) is 9.49. The maximum Gasteiger partial charge on any atom is 0.325 e. The van der Waals surface area contributed by atoms with E-state index in [-0.39, 0.29) is 31.0 Å². The van der Waals surface area contributed by atoms with Gasteiger partial charge in [-0.2, -0.15) is 5.26 Å². The van der Waals surface area contributed by atoms with Crippen molar-refractivity contribution in [3.05, 3.63) is 97.1 Å². The summed E-state index contributed by atoms with van der Waals surface area (Å²) in [5.74, 6) is 0. The molecule has 0 atom stereocenters. The Morgan fingerprint density at radius 1 is 0.821 bits per heavy atom. The molecule has 2 N–H and O–H groups in total. The van der Waals surface area contributed by atoms with E-state index < -0.39 is 7.60 Å². The Balaban J connectivity index is -0.000000293. The van der Waals surface area contributed by atoms with Crippen LogP contribution < -0.4 is 0 Å². The van der Waals surface area contributed by atoms with Crippen LogP contribution in [0.4, 0.5) is 0 Å². The molecule has 0 aliphatic heterocycles. The van der Waals surface area contributed by atoms with Crippen molar-refractivity contribution in [2.45, 2.75) is 6.92 Å². The Kier molecular flexibility index (Phi) is 22.9. The standard InChI is InChI=1S/C7H5N.2C5H5N.C2H7O3P.2ClH/c8-6-7-4-2-1-3-5-7;2*1-2-4-6-5-3-1;1-2-6(3,4)5;;/h1-5H;2*1-5H;2H2,1H3,(H2,3,4,5);2*1H. The van der Waals surface area contributed by atoms with Gasteiger partial charge in [-0.15, -0.1) is 24.8 Å². The molecule has 2 heterocycles. The van der Waals surface area contributed by atoms with Crippen LogP contribution in [0.1, 0.15) is 12.5 Å². The molecular weight excluding hydrogens is 420 g/mol. The van der Waals surface area contributed by atoms with Gasteiger partial charge in [0.1, 0.15) is 0 Å². The molecule has 2 aromatic heterocycles. The number of benzene rings is 1. The summed E-state index contributed by atoms with van der Waals surface area (Å²) in [7, 11) is -3.65. The fraction of sp³-hybridized carbons (Fsp3) is 0.105. The van der Waals surface area contributed by atoms with Crippen LogP contribution in [0.5, 0.6) is 0 Å². The molecule has 0 aliphatic rings. The van der Waals surface area contributed by atoms with Crippen LogP contribution in [-0.2, 0) is 4.57 Å². The minimum Gasteiger partial charge on any atom is -0.324 e. The lowest BCUT2D eigenvalue weighted by atomic mass is 10.2. The first-order valence-electron chi connectivity index (χ1n) is 7.69.